The van der Waals surface area contributed by atoms with E-state index in [1.165, 1.54) is 29.2 Å². The van der Waals surface area contributed by atoms with Gasteiger partial charge in [0.1, 0.15) is 12.6 Å². The van der Waals surface area contributed by atoms with Crippen molar-refractivity contribution in [2.24, 2.45) is 0 Å². The molecule has 0 saturated heterocycles. The highest BCUT2D eigenvalue weighted by Crippen LogP contribution is 2.28. The Hall–Kier alpha value is -3.36. The van der Waals surface area contributed by atoms with Gasteiger partial charge in [0.25, 0.3) is 10.0 Å². The molecule has 3 aromatic carbocycles. The Balaban J connectivity index is 1.72. The number of aryl methyl sites for hydroxylation is 2. The number of hydrogen-bond donors (Lipinski definition) is 1. The van der Waals surface area contributed by atoms with E-state index in [1.54, 1.807) is 12.1 Å². The average Bonchev–Trinajstić information content (AvgIpc) is 3.47. The summed E-state index contributed by atoms with van der Waals surface area (Å²) in [7, 11) is -4.15. The van der Waals surface area contributed by atoms with Gasteiger partial charge in [0.05, 0.1) is 10.6 Å². The second kappa shape index (κ2) is 13.5. The van der Waals surface area contributed by atoms with Crippen LogP contribution in [0.2, 0.25) is 5.02 Å². The van der Waals surface area contributed by atoms with Crippen molar-refractivity contribution in [3.05, 3.63) is 94.5 Å². The van der Waals surface area contributed by atoms with E-state index in [0.29, 0.717) is 17.1 Å². The van der Waals surface area contributed by atoms with Gasteiger partial charge in [0, 0.05) is 17.6 Å². The second-order valence-electron chi connectivity index (χ2n) is 10.7. The SMILES string of the molecule is CC[C@H](C(=O)NC1CCCC1)N(Cc1ccccc1)C(=O)CN(c1ccc(C)c(C)c1)S(=O)(=O)c1ccc(Cl)cc1. The Morgan fingerprint density at radius 2 is 1.61 bits per heavy atom. The minimum absolute atomic E-state index is 0.0218. The summed E-state index contributed by atoms with van der Waals surface area (Å²) in [5.74, 6) is -0.667. The summed E-state index contributed by atoms with van der Waals surface area (Å²) in [6, 6.07) is 20.0. The van der Waals surface area contributed by atoms with E-state index < -0.39 is 28.5 Å². The molecule has 1 N–H and O–H groups in total. The topological polar surface area (TPSA) is 86.8 Å². The highest BCUT2D eigenvalue weighted by atomic mass is 35.5. The Labute approximate surface area is 248 Å². The molecule has 9 heteroatoms. The molecule has 2 amide bonds. The van der Waals surface area contributed by atoms with Crippen LogP contribution in [0.25, 0.3) is 0 Å². The van der Waals surface area contributed by atoms with Crippen molar-refractivity contribution in [2.45, 2.75) is 76.4 Å². The Morgan fingerprint density at radius 3 is 2.22 bits per heavy atom. The molecule has 0 radical (unpaired) electrons. The molecule has 1 atom stereocenters. The molecular weight excluding hydrogens is 558 g/mol. The summed E-state index contributed by atoms with van der Waals surface area (Å²) >= 11 is 6.03. The van der Waals surface area contributed by atoms with E-state index in [1.807, 2.05) is 57.2 Å². The molecule has 1 fully saturated rings. The van der Waals surface area contributed by atoms with Crippen LogP contribution in [-0.4, -0.2) is 43.8 Å². The molecule has 218 valence electrons. The lowest BCUT2D eigenvalue weighted by atomic mass is 10.1. The summed E-state index contributed by atoms with van der Waals surface area (Å²) in [4.78, 5) is 29.2. The van der Waals surface area contributed by atoms with Gasteiger partial charge in [-0.2, -0.15) is 0 Å². The summed E-state index contributed by atoms with van der Waals surface area (Å²) in [6.07, 6.45) is 4.39. The molecule has 1 aliphatic rings. The smallest absolute Gasteiger partial charge is 0.264 e. The van der Waals surface area contributed by atoms with E-state index in [4.69, 9.17) is 11.6 Å². The monoisotopic (exact) mass is 595 g/mol. The quantitative estimate of drug-likeness (QED) is 0.294. The maximum atomic E-state index is 14.2. The Morgan fingerprint density at radius 1 is 0.951 bits per heavy atom. The first-order valence-electron chi connectivity index (χ1n) is 14.1. The zero-order chi connectivity index (χ0) is 29.6. The molecule has 0 spiro atoms. The number of carbonyl (C=O) groups excluding carboxylic acids is 2. The molecule has 0 aromatic heterocycles. The first-order valence-corrected chi connectivity index (χ1v) is 15.9. The fraction of sp³-hybridized carbons (Fsp3) is 0.375. The zero-order valence-electron chi connectivity index (χ0n) is 23.8. The molecule has 0 heterocycles. The minimum atomic E-state index is -4.15. The number of carbonyl (C=O) groups is 2. The molecule has 3 aromatic rings. The first kappa shape index (κ1) is 30.6. The second-order valence-corrected chi connectivity index (χ2v) is 13.0. The summed E-state index contributed by atoms with van der Waals surface area (Å²) in [6.45, 7) is 5.43. The van der Waals surface area contributed by atoms with E-state index in [-0.39, 0.29) is 23.4 Å². The number of sulfonamides is 1. The molecule has 41 heavy (non-hydrogen) atoms. The number of anilines is 1. The summed E-state index contributed by atoms with van der Waals surface area (Å²) in [5.41, 5.74) is 3.13. The normalized spacial score (nSPS) is 14.4. The van der Waals surface area contributed by atoms with Crippen molar-refractivity contribution in [3.8, 4) is 0 Å². The van der Waals surface area contributed by atoms with Gasteiger partial charge in [0.15, 0.2) is 0 Å². The fourth-order valence-electron chi connectivity index (χ4n) is 5.21. The van der Waals surface area contributed by atoms with Crippen LogP contribution in [0.15, 0.2) is 77.7 Å². The van der Waals surface area contributed by atoms with Gasteiger partial charge in [-0.05, 0) is 86.2 Å². The first-order chi connectivity index (χ1) is 19.6. The van der Waals surface area contributed by atoms with Crippen LogP contribution < -0.4 is 9.62 Å². The summed E-state index contributed by atoms with van der Waals surface area (Å²) in [5, 5.41) is 3.54. The van der Waals surface area contributed by atoms with Crippen molar-refractivity contribution >= 4 is 39.1 Å². The van der Waals surface area contributed by atoms with E-state index in [0.717, 1.165) is 46.7 Å². The third kappa shape index (κ3) is 7.49. The number of rotatable bonds is 11. The van der Waals surface area contributed by atoms with Crippen LogP contribution in [0.5, 0.6) is 0 Å². The van der Waals surface area contributed by atoms with Crippen molar-refractivity contribution in [1.82, 2.24) is 10.2 Å². The van der Waals surface area contributed by atoms with E-state index in [9.17, 15) is 18.0 Å². The summed E-state index contributed by atoms with van der Waals surface area (Å²) < 4.78 is 29.1. The highest BCUT2D eigenvalue weighted by molar-refractivity contribution is 7.92. The maximum Gasteiger partial charge on any atom is 0.264 e. The number of hydrogen-bond acceptors (Lipinski definition) is 4. The maximum absolute atomic E-state index is 14.2. The van der Waals surface area contributed by atoms with Crippen molar-refractivity contribution in [1.29, 1.82) is 0 Å². The third-order valence-corrected chi connectivity index (χ3v) is 9.78. The van der Waals surface area contributed by atoms with Crippen LogP contribution in [0.1, 0.15) is 55.7 Å². The third-order valence-electron chi connectivity index (χ3n) is 7.74. The molecule has 4 rings (SSSR count). The fourth-order valence-corrected chi connectivity index (χ4v) is 6.74. The van der Waals surface area contributed by atoms with Gasteiger partial charge < -0.3 is 10.2 Å². The molecule has 1 saturated carbocycles. The number of halogens is 1. The van der Waals surface area contributed by atoms with Crippen molar-refractivity contribution in [3.63, 3.8) is 0 Å². The molecule has 0 aliphatic heterocycles. The number of nitrogens with one attached hydrogen (secondary N) is 1. The standard InChI is InChI=1S/C32H38ClN3O4S/c1-4-30(32(38)34-27-12-8-9-13-27)35(21-25-10-6-5-7-11-25)31(37)22-36(28-17-14-23(2)24(3)20-28)41(39,40)29-18-15-26(33)16-19-29/h5-7,10-11,14-20,27,30H,4,8-9,12-13,21-22H2,1-3H3,(H,34,38)/t30-/m1/s1. The average molecular weight is 596 g/mol. The van der Waals surface area contributed by atoms with Crippen LogP contribution in [0.4, 0.5) is 5.69 Å². The van der Waals surface area contributed by atoms with E-state index >= 15 is 0 Å². The number of amides is 2. The van der Waals surface area contributed by atoms with Crippen molar-refractivity contribution in [2.75, 3.05) is 10.8 Å². The lowest BCUT2D eigenvalue weighted by Crippen LogP contribution is -2.53. The van der Waals surface area contributed by atoms with Crippen LogP contribution in [0, 0.1) is 13.8 Å². The van der Waals surface area contributed by atoms with Gasteiger partial charge in [0.2, 0.25) is 11.8 Å². The van der Waals surface area contributed by atoms with Gasteiger partial charge in [-0.15, -0.1) is 0 Å². The lowest BCUT2D eigenvalue weighted by molar-refractivity contribution is -0.140. The largest absolute Gasteiger partial charge is 0.352 e. The predicted molar refractivity (Wildman–Crippen MR) is 163 cm³/mol. The van der Waals surface area contributed by atoms with E-state index in [2.05, 4.69) is 5.32 Å². The molecule has 0 unspecified atom stereocenters. The Kier molecular flexibility index (Phi) is 10.1. The molecular formula is C32H38ClN3O4S. The molecule has 7 nitrogen and oxygen atoms in total. The van der Waals surface area contributed by atoms with Crippen LogP contribution in [-0.2, 0) is 26.2 Å². The lowest BCUT2D eigenvalue weighted by Gasteiger charge is -2.34. The van der Waals surface area contributed by atoms with Gasteiger partial charge in [-0.3, -0.25) is 13.9 Å². The Bertz CT molecular complexity index is 1460. The van der Waals surface area contributed by atoms with Crippen LogP contribution in [0.3, 0.4) is 0 Å². The number of nitrogens with zero attached hydrogens (tertiary/aromatic N) is 2. The molecule has 0 bridgehead atoms. The van der Waals surface area contributed by atoms with Crippen molar-refractivity contribution < 1.29 is 18.0 Å². The van der Waals surface area contributed by atoms with Gasteiger partial charge in [-0.1, -0.05) is 67.8 Å². The van der Waals surface area contributed by atoms with Crippen LogP contribution >= 0.6 is 11.6 Å². The van der Waals surface area contributed by atoms with Gasteiger partial charge >= 0.3 is 0 Å². The zero-order valence-corrected chi connectivity index (χ0v) is 25.4. The van der Waals surface area contributed by atoms with Gasteiger partial charge in [-0.25, -0.2) is 8.42 Å². The predicted octanol–water partition coefficient (Wildman–Crippen LogP) is 6.02. The molecule has 1 aliphatic carbocycles. The number of benzene rings is 3. The highest BCUT2D eigenvalue weighted by Gasteiger charge is 2.34. The minimum Gasteiger partial charge on any atom is -0.352 e.